The average Bonchev–Trinajstić information content (AvgIpc) is 2.93. The molecule has 0 saturated carbocycles. The van der Waals surface area contributed by atoms with E-state index < -0.39 is 6.43 Å². The third-order valence-electron chi connectivity index (χ3n) is 1.98. The minimum Gasteiger partial charge on any atom is -0.297 e. The first-order valence-corrected chi connectivity index (χ1v) is 6.64. The van der Waals surface area contributed by atoms with Gasteiger partial charge in [0, 0.05) is 12.4 Å². The number of rotatable bonds is 2. The molecule has 0 aliphatic heterocycles. The van der Waals surface area contributed by atoms with Gasteiger partial charge in [-0.05, 0) is 12.1 Å². The van der Waals surface area contributed by atoms with E-state index in [1.807, 2.05) is 27.7 Å². The first kappa shape index (κ1) is 17.6. The number of nitrogens with zero attached hydrogens (tertiary/aromatic N) is 2. The highest BCUT2D eigenvalue weighted by Gasteiger charge is 2.16. The molecule has 2 rings (SSSR count). The lowest BCUT2D eigenvalue weighted by Gasteiger charge is -2.08. The molecule has 0 aliphatic rings. The summed E-state index contributed by atoms with van der Waals surface area (Å²) in [6, 6.07) is 6.78. The van der Waals surface area contributed by atoms with Crippen LogP contribution in [0, 0.1) is 0 Å². The Labute approximate surface area is 118 Å². The lowest BCUT2D eigenvalue weighted by molar-refractivity contribution is 0.138. The molecule has 2 nitrogen and oxygen atoms in total. The summed E-state index contributed by atoms with van der Waals surface area (Å²) in [5, 5.41) is 0.414. The second-order valence-corrected chi connectivity index (χ2v) is 3.31. The second-order valence-electron chi connectivity index (χ2n) is 2.91. The molecule has 5 heteroatoms. The van der Waals surface area contributed by atoms with E-state index in [-0.39, 0.29) is 5.82 Å². The maximum Gasteiger partial charge on any atom is 0.295 e. The highest BCUT2D eigenvalue weighted by Crippen LogP contribution is 2.25. The van der Waals surface area contributed by atoms with Gasteiger partial charge in [0.25, 0.3) is 6.43 Å². The lowest BCUT2D eigenvalue weighted by atomic mass is 10.3. The van der Waals surface area contributed by atoms with Gasteiger partial charge in [-0.25, -0.2) is 13.8 Å². The van der Waals surface area contributed by atoms with Crippen LogP contribution < -0.4 is 0 Å². The number of imidazole rings is 1. The molecule has 106 valence electrons. The van der Waals surface area contributed by atoms with Gasteiger partial charge < -0.3 is 0 Å². The molecule has 0 unspecified atom stereocenters. The van der Waals surface area contributed by atoms with Crippen molar-refractivity contribution in [3.63, 3.8) is 0 Å². The molecular formula is C14H19ClF2N2. The Bertz CT molecular complexity index is 470. The highest BCUT2D eigenvalue weighted by molar-refractivity contribution is 6.32. The molecule has 1 aromatic heterocycles. The van der Waals surface area contributed by atoms with Crippen molar-refractivity contribution in [2.75, 3.05) is 0 Å². The summed E-state index contributed by atoms with van der Waals surface area (Å²) in [4.78, 5) is 3.59. The fraction of sp³-hybridized carbons (Fsp3) is 0.357. The lowest BCUT2D eigenvalue weighted by Crippen LogP contribution is -2.01. The Hall–Kier alpha value is -1.42. The molecule has 0 atom stereocenters. The van der Waals surface area contributed by atoms with Crippen molar-refractivity contribution in [3.05, 3.63) is 47.5 Å². The molecule has 0 spiro atoms. The SMILES string of the molecule is CC.CC.FC(F)c1nccn1-c1ccccc1Cl. The van der Waals surface area contributed by atoms with Gasteiger partial charge >= 0.3 is 0 Å². The van der Waals surface area contributed by atoms with Crippen LogP contribution in [0.15, 0.2) is 36.7 Å². The number of alkyl halides is 2. The molecule has 1 heterocycles. The first-order valence-electron chi connectivity index (χ1n) is 6.26. The van der Waals surface area contributed by atoms with Crippen LogP contribution in [0.25, 0.3) is 5.69 Å². The molecule has 2 aromatic rings. The van der Waals surface area contributed by atoms with Gasteiger partial charge in [-0.15, -0.1) is 0 Å². The zero-order valence-corrected chi connectivity index (χ0v) is 12.3. The third kappa shape index (κ3) is 4.63. The number of halogens is 3. The largest absolute Gasteiger partial charge is 0.297 e. The Balaban J connectivity index is 0.000000741. The molecule has 0 saturated heterocycles. The van der Waals surface area contributed by atoms with Gasteiger partial charge in [-0.2, -0.15) is 0 Å². The first-order chi connectivity index (χ1) is 9.20. The van der Waals surface area contributed by atoms with Gasteiger partial charge in [0.1, 0.15) is 0 Å². The van der Waals surface area contributed by atoms with E-state index >= 15 is 0 Å². The fourth-order valence-electron chi connectivity index (χ4n) is 1.33. The van der Waals surface area contributed by atoms with Crippen molar-refractivity contribution in [1.29, 1.82) is 0 Å². The molecule has 19 heavy (non-hydrogen) atoms. The summed E-state index contributed by atoms with van der Waals surface area (Å²) in [6.45, 7) is 8.00. The Morgan fingerprint density at radius 2 is 1.68 bits per heavy atom. The van der Waals surface area contributed by atoms with Crippen LogP contribution in [0.5, 0.6) is 0 Å². The fourth-order valence-corrected chi connectivity index (χ4v) is 1.55. The van der Waals surface area contributed by atoms with Gasteiger partial charge in [0.05, 0.1) is 10.7 Å². The number of para-hydroxylation sites is 1. The maximum absolute atomic E-state index is 12.6. The standard InChI is InChI=1S/C10H7ClF2N2.2C2H6/c11-7-3-1-2-4-8(7)15-6-5-14-10(15)9(12)13;2*1-2/h1-6,9H;2*1-2H3. The molecule has 0 N–H and O–H groups in total. The Morgan fingerprint density at radius 3 is 2.21 bits per heavy atom. The van der Waals surface area contributed by atoms with Crippen molar-refractivity contribution in [1.82, 2.24) is 9.55 Å². The molecule has 0 radical (unpaired) electrons. The minimum absolute atomic E-state index is 0.303. The van der Waals surface area contributed by atoms with Gasteiger partial charge in [-0.1, -0.05) is 51.4 Å². The molecular weight excluding hydrogens is 270 g/mol. The number of aromatic nitrogens is 2. The van der Waals surface area contributed by atoms with Crippen LogP contribution in [-0.4, -0.2) is 9.55 Å². The monoisotopic (exact) mass is 288 g/mol. The Kier molecular flexibility index (Phi) is 8.79. The average molecular weight is 289 g/mol. The molecule has 1 aromatic carbocycles. The topological polar surface area (TPSA) is 17.8 Å². The van der Waals surface area contributed by atoms with E-state index in [1.54, 1.807) is 24.3 Å². The van der Waals surface area contributed by atoms with Crippen LogP contribution in [-0.2, 0) is 0 Å². The van der Waals surface area contributed by atoms with E-state index in [0.717, 1.165) is 0 Å². The van der Waals surface area contributed by atoms with Crippen LogP contribution in [0.4, 0.5) is 8.78 Å². The summed E-state index contributed by atoms with van der Waals surface area (Å²) in [5.41, 5.74) is 0.506. The minimum atomic E-state index is -2.61. The van der Waals surface area contributed by atoms with Gasteiger partial charge in [0.2, 0.25) is 0 Å². The molecule has 0 aliphatic carbocycles. The normalized spacial score (nSPS) is 9.26. The maximum atomic E-state index is 12.6. The predicted octanol–water partition coefficient (Wildman–Crippen LogP) is 5.52. The van der Waals surface area contributed by atoms with Crippen LogP contribution in [0.3, 0.4) is 0 Å². The van der Waals surface area contributed by atoms with Crippen LogP contribution in [0.2, 0.25) is 5.02 Å². The van der Waals surface area contributed by atoms with E-state index in [4.69, 9.17) is 11.6 Å². The highest BCUT2D eigenvalue weighted by atomic mass is 35.5. The van der Waals surface area contributed by atoms with Gasteiger partial charge in [-0.3, -0.25) is 4.57 Å². The number of hydrogen-bond donors (Lipinski definition) is 0. The van der Waals surface area contributed by atoms with Crippen molar-refractivity contribution in [2.24, 2.45) is 0 Å². The zero-order chi connectivity index (χ0) is 14.8. The number of benzene rings is 1. The molecule has 0 fully saturated rings. The summed E-state index contributed by atoms with van der Waals surface area (Å²) < 4.78 is 26.4. The summed E-state index contributed by atoms with van der Waals surface area (Å²) in [7, 11) is 0. The van der Waals surface area contributed by atoms with Crippen molar-refractivity contribution in [2.45, 2.75) is 34.1 Å². The summed E-state index contributed by atoms with van der Waals surface area (Å²) >= 11 is 5.90. The molecule has 0 amide bonds. The van der Waals surface area contributed by atoms with Crippen molar-refractivity contribution < 1.29 is 8.78 Å². The van der Waals surface area contributed by atoms with E-state index in [2.05, 4.69) is 4.98 Å². The smallest absolute Gasteiger partial charge is 0.295 e. The van der Waals surface area contributed by atoms with Crippen molar-refractivity contribution >= 4 is 11.6 Å². The van der Waals surface area contributed by atoms with E-state index in [9.17, 15) is 8.78 Å². The van der Waals surface area contributed by atoms with Crippen LogP contribution in [0.1, 0.15) is 39.9 Å². The van der Waals surface area contributed by atoms with Crippen LogP contribution >= 0.6 is 11.6 Å². The quantitative estimate of drug-likeness (QED) is 0.712. The predicted molar refractivity (Wildman–Crippen MR) is 76.2 cm³/mol. The third-order valence-corrected chi connectivity index (χ3v) is 2.30. The summed E-state index contributed by atoms with van der Waals surface area (Å²) in [5.74, 6) is -0.303. The summed E-state index contributed by atoms with van der Waals surface area (Å²) in [6.07, 6.45) is 0.171. The zero-order valence-electron chi connectivity index (χ0n) is 11.6. The van der Waals surface area contributed by atoms with Crippen molar-refractivity contribution in [3.8, 4) is 5.69 Å². The second kappa shape index (κ2) is 9.50. The van der Waals surface area contributed by atoms with E-state index in [0.29, 0.717) is 10.7 Å². The van der Waals surface area contributed by atoms with E-state index in [1.165, 1.54) is 17.0 Å². The van der Waals surface area contributed by atoms with Gasteiger partial charge in [0.15, 0.2) is 5.82 Å². The number of hydrogen-bond acceptors (Lipinski definition) is 1. The Morgan fingerprint density at radius 1 is 1.11 bits per heavy atom. The molecule has 0 bridgehead atoms.